The summed E-state index contributed by atoms with van der Waals surface area (Å²) in [5.41, 5.74) is 19.3. The van der Waals surface area contributed by atoms with Crippen molar-refractivity contribution < 1.29 is 147 Å². The van der Waals surface area contributed by atoms with E-state index in [0.29, 0.717) is 73.0 Å². The minimum atomic E-state index is -4.54. The molecule has 0 amide bonds. The number of phenolic OH excluding ortho intramolecular Hbond substituents is 3. The first-order chi connectivity index (χ1) is 67.0. The van der Waals surface area contributed by atoms with Gasteiger partial charge in [-0.05, 0) is 178 Å². The Labute approximate surface area is 830 Å². The van der Waals surface area contributed by atoms with Gasteiger partial charge in [-0.3, -0.25) is 0 Å². The summed E-state index contributed by atoms with van der Waals surface area (Å²) in [4.78, 5) is 55.1. The third kappa shape index (κ3) is 29.6. The molecule has 1 unspecified atom stereocenters. The van der Waals surface area contributed by atoms with Crippen LogP contribution in [0.25, 0.3) is 43.1 Å². The van der Waals surface area contributed by atoms with Crippen molar-refractivity contribution in [1.82, 2.24) is 5.25 Å². The molecule has 0 spiro atoms. The van der Waals surface area contributed by atoms with Crippen LogP contribution in [0.4, 0.5) is 85.3 Å². The van der Waals surface area contributed by atoms with E-state index in [1.54, 1.807) is 88.4 Å². The number of nitrogen functional groups attached to an aromatic ring is 3. The Morgan fingerprint density at radius 2 is 0.706 bits per heavy atom. The van der Waals surface area contributed by atoms with Crippen LogP contribution in [0.1, 0.15) is 87.5 Å². The zero-order chi connectivity index (χ0) is 102. The number of hydrogen-bond donors (Lipinski definition) is 15. The number of nitrogens with two attached hydrogens (primary N) is 10. The second kappa shape index (κ2) is 53.5. The number of ether oxygens (including phenoxy) is 5. The van der Waals surface area contributed by atoms with Crippen molar-refractivity contribution in [2.75, 3.05) is 56.8 Å². The van der Waals surface area contributed by atoms with E-state index in [4.69, 9.17) is 87.3 Å². The van der Waals surface area contributed by atoms with E-state index < -0.39 is 105 Å². The largest absolute Gasteiger partial charge is 0.505 e. The zero-order valence-corrected chi connectivity index (χ0v) is 81.0. The Morgan fingerprint density at radius 1 is 0.378 bits per heavy atom. The molecule has 0 heterocycles. The topological polar surface area (TPSA) is 792 Å². The van der Waals surface area contributed by atoms with E-state index in [1.165, 1.54) is 133 Å². The molecular formula is C88H97N23O27PS3W+. The summed E-state index contributed by atoms with van der Waals surface area (Å²) < 4.78 is 129. The minimum absolute atomic E-state index is 0. The van der Waals surface area contributed by atoms with Crippen LogP contribution < -0.4 is 88.0 Å². The van der Waals surface area contributed by atoms with Crippen molar-refractivity contribution in [2.24, 2.45) is 103 Å². The molecule has 0 radical (unpaired) electrons. The Balaban J connectivity index is 0.000000278. The number of aromatic hydroxyl groups is 3. The second-order valence-electron chi connectivity index (χ2n) is 28.2. The number of hydrogen-bond acceptors (Lipinski definition) is 49. The summed E-state index contributed by atoms with van der Waals surface area (Å²) in [5, 5.41) is 96.5. The maximum absolute atomic E-state index is 12.7. The number of benzene rings is 13. The molecule has 754 valence electrons. The fourth-order valence-electron chi connectivity index (χ4n) is 12.5. The molecule has 0 aromatic heterocycles. The minimum Gasteiger partial charge on any atom is -0.505 e. The van der Waals surface area contributed by atoms with Crippen LogP contribution in [-0.4, -0.2) is 109 Å². The molecule has 13 aromatic carbocycles. The molecule has 143 heavy (non-hydrogen) atoms. The number of anilines is 3. The van der Waals surface area contributed by atoms with Crippen LogP contribution in [0.3, 0.4) is 0 Å². The third-order valence-corrected chi connectivity index (χ3v) is 23.0. The number of nitrogens with zero attached hydrogens (tertiary/aromatic N) is 12. The number of rotatable bonds is 36. The maximum Gasteiger partial charge on any atom is 0.499 e. The summed E-state index contributed by atoms with van der Waals surface area (Å²) in [6.07, 6.45) is 0.243. The van der Waals surface area contributed by atoms with E-state index >= 15 is 0 Å². The van der Waals surface area contributed by atoms with E-state index in [1.807, 2.05) is 13.8 Å². The van der Waals surface area contributed by atoms with Crippen LogP contribution in [0.5, 0.6) is 40.2 Å². The summed E-state index contributed by atoms with van der Waals surface area (Å²) >= 11 is 0. The molecule has 0 bridgehead atoms. The van der Waals surface area contributed by atoms with E-state index in [9.17, 15) is 59.5 Å². The third-order valence-electron chi connectivity index (χ3n) is 18.7. The van der Waals surface area contributed by atoms with Crippen LogP contribution in [0.2, 0.25) is 0 Å². The molecule has 0 aliphatic carbocycles. The van der Waals surface area contributed by atoms with E-state index in [2.05, 4.69) is 104 Å². The van der Waals surface area contributed by atoms with Gasteiger partial charge in [-0.2, -0.15) is 94.7 Å². The van der Waals surface area contributed by atoms with Gasteiger partial charge in [0.15, 0.2) is 17.2 Å². The average Bonchev–Trinajstić information content (AvgIpc) is 0.770. The van der Waals surface area contributed by atoms with Crippen molar-refractivity contribution in [2.45, 2.75) is 77.2 Å². The molecule has 50 nitrogen and oxygen atoms in total. The molecule has 13 rings (SSSR count). The fourth-order valence-corrected chi connectivity index (χ4v) is 15.5. The van der Waals surface area contributed by atoms with E-state index in [0.717, 1.165) is 6.07 Å². The smallest absolute Gasteiger partial charge is 0.499 e. The van der Waals surface area contributed by atoms with Crippen molar-refractivity contribution >= 4 is 190 Å². The van der Waals surface area contributed by atoms with Crippen LogP contribution in [-0.2, 0) is 98.1 Å². The summed E-state index contributed by atoms with van der Waals surface area (Å²) in [6, 6.07) is 49.3. The van der Waals surface area contributed by atoms with Gasteiger partial charge < -0.3 is 75.8 Å². The first-order valence-electron chi connectivity index (χ1n) is 40.6. The van der Waals surface area contributed by atoms with E-state index in [-0.39, 0.29) is 165 Å². The van der Waals surface area contributed by atoms with Gasteiger partial charge in [0.05, 0.1) is 96.1 Å². The Kier molecular flexibility index (Phi) is 43.0. The molecule has 25 N–H and O–H groups in total. The molecule has 0 fully saturated rings. The SMILES string of the molecule is C.C.CC(C)OCCO.CCOc1cc(N=Nc2c(S(=O)(=O)ON)cc3ccc(N)cc3c2O)c(OCC)cc1N=Nc1cccc(C(=O)ON)c1.CCOc1cc(N=Nc2c(S(=O)(=O)ON)cc3ccc(N)cc3c2O)c(OCC)cc1N=Nc1cccc([P+](=O)NOON)c1.NOC(=O)c1cc(N=Nc2ccc(N=Nc3c(S(=O)(=O)ON)cc4ccc(N)cc4c3O)c3ccccc23)cc(C(=O)ON)c1.[W]. The number of fused-ring (bicyclic) bond motifs is 4. The van der Waals surface area contributed by atoms with Gasteiger partial charge in [-0.25, -0.2) is 14.4 Å². The molecule has 0 saturated heterocycles. The van der Waals surface area contributed by atoms with Crippen LogP contribution in [0.15, 0.2) is 276 Å². The molecule has 55 heteroatoms. The standard InChI is InChI=1S/C28H22N8O8S.C27H27N7O8S.C26H27N8O9PS.C5H12O2.2CH4.W/c29-17-6-5-14-12-24(45(40,41)44-32)25(26(37)21(14)13-17)36-35-23-8-7-22(19-3-1-2-4-20(19)23)34-33-18-10-15(27(38)42-30)9-16(11-18)28(39)43-31;1-3-39-22-14-21(23(40-4-2)13-20(22)32-31-18-7-5-6-16(10-18)27(36)41-29)33-34-25-24(43(37,38)42-30)11-15-8-9-17(28)12-19(15)26(25)35;1-3-39-22-14-21(32-33-25-24(45(37,38)42-29)10-15-8-9-16(27)11-19(15)26(25)35)23(40-4-2)13-20(22)31-30-17-6-5-7-18(12-17)44(36)34-43-41-28;1-5(2)7-4-3-6;;;/h1-13,37H,29-32H2;5-14,35H,3-4,28-30H2,1-2H3;5-14H,3-4,28-29H2,1-2H3,(H3-,27,30,31,32,33,34,35,36);5-6H,3-4H2,1-2H3;2*1H4;/p+1. The van der Waals surface area contributed by atoms with Crippen molar-refractivity contribution in [3.63, 3.8) is 0 Å². The summed E-state index contributed by atoms with van der Waals surface area (Å²) in [5.74, 6) is 31.4. The Hall–Kier alpha value is -15.1. The normalized spacial score (nSPS) is 11.7. The zero-order valence-electron chi connectivity index (χ0n) is 74.8. The Bertz CT molecular complexity index is 7350. The van der Waals surface area contributed by atoms with Gasteiger partial charge >= 0.3 is 56.2 Å². The average molecular weight is 2220 g/mol. The number of nitrogens with one attached hydrogen (secondary N) is 1. The predicted molar refractivity (Wildman–Crippen MR) is 521 cm³/mol. The summed E-state index contributed by atoms with van der Waals surface area (Å²) in [6.45, 7) is 12.4. The van der Waals surface area contributed by atoms with Gasteiger partial charge in [0.25, 0.3) is 0 Å². The second-order valence-corrected chi connectivity index (χ2v) is 34.1. The van der Waals surface area contributed by atoms with Crippen LogP contribution in [0, 0.1) is 0 Å². The molecular weight excluding hydrogens is 2120 g/mol. The molecule has 1 atom stereocenters. The molecule has 0 saturated carbocycles. The number of carbonyl (C=O) groups is 3. The predicted octanol–water partition coefficient (Wildman–Crippen LogP) is 16.8. The number of azo groups is 6. The van der Waals surface area contributed by atoms with Gasteiger partial charge in [0.2, 0.25) is 5.30 Å². The quantitative estimate of drug-likeness (QED) is 0.00570. The number of aliphatic hydroxyl groups is 1. The van der Waals surface area contributed by atoms with Gasteiger partial charge in [-0.1, -0.05) is 74.4 Å². The van der Waals surface area contributed by atoms with Gasteiger partial charge in [-0.15, -0.1) is 51.0 Å². The van der Waals surface area contributed by atoms with Crippen molar-refractivity contribution in [3.8, 4) is 40.2 Å². The Morgan fingerprint density at radius 3 is 1.04 bits per heavy atom. The van der Waals surface area contributed by atoms with Crippen LogP contribution >= 0.6 is 7.95 Å². The first-order valence-corrected chi connectivity index (χ1v) is 46.1. The number of phenols is 3. The van der Waals surface area contributed by atoms with Crippen molar-refractivity contribution in [3.05, 3.63) is 217 Å². The maximum atomic E-state index is 12.7. The number of carbonyl (C=O) groups excluding carboxylic acids is 3. The van der Waals surface area contributed by atoms with Gasteiger partial charge in [0.1, 0.15) is 77.5 Å². The fraction of sp³-hybridized carbons (Fsp3) is 0.170. The van der Waals surface area contributed by atoms with Gasteiger partial charge in [0, 0.05) is 95.4 Å². The molecule has 0 aliphatic heterocycles. The first kappa shape index (κ1) is 115. The van der Waals surface area contributed by atoms with Crippen molar-refractivity contribution in [1.29, 1.82) is 0 Å². The monoisotopic (exact) mass is 2220 g/mol. The molecule has 0 aliphatic rings. The summed E-state index contributed by atoms with van der Waals surface area (Å²) in [7, 11) is -15.8. The molecule has 13 aromatic rings. The number of aliphatic hydroxyl groups excluding tert-OH is 1.